The number of hydrogen-bond donors (Lipinski definition) is 2. The Kier molecular flexibility index (Phi) is 8.96. The molecule has 1 saturated heterocycles. The Bertz CT molecular complexity index is 2020. The molecular weight excluding hydrogens is 672 g/mol. The van der Waals surface area contributed by atoms with Crippen LogP contribution in [0.4, 0.5) is 5.82 Å². The van der Waals surface area contributed by atoms with E-state index in [4.69, 9.17) is 4.74 Å². The van der Waals surface area contributed by atoms with Crippen LogP contribution in [0.1, 0.15) is 65.5 Å². The minimum atomic E-state index is -0.714. The number of aliphatic hydroxyl groups excluding tert-OH is 1. The molecule has 0 amide bonds. The highest BCUT2D eigenvalue weighted by Crippen LogP contribution is 2.68. The molecule has 2 N–H and O–H groups in total. The van der Waals surface area contributed by atoms with Crippen LogP contribution in [0.3, 0.4) is 0 Å². The van der Waals surface area contributed by atoms with Crippen LogP contribution in [0.5, 0.6) is 0 Å². The summed E-state index contributed by atoms with van der Waals surface area (Å²) in [6.45, 7) is 16.4. The Morgan fingerprint density at radius 3 is 2.70 bits per heavy atom. The van der Waals surface area contributed by atoms with Crippen LogP contribution in [0, 0.1) is 34.0 Å². The van der Waals surface area contributed by atoms with Crippen molar-refractivity contribution in [3.63, 3.8) is 0 Å². The summed E-state index contributed by atoms with van der Waals surface area (Å²) in [6, 6.07) is 3.87. The number of ketones is 1. The topological polar surface area (TPSA) is 166 Å². The molecule has 3 saturated carbocycles. The quantitative estimate of drug-likeness (QED) is 0.200. The summed E-state index contributed by atoms with van der Waals surface area (Å²) in [5.74, 6) is 0.414. The summed E-state index contributed by atoms with van der Waals surface area (Å²) < 4.78 is 9.85. The van der Waals surface area contributed by atoms with E-state index in [-0.39, 0.29) is 35.5 Å². The van der Waals surface area contributed by atoms with E-state index in [0.29, 0.717) is 25.1 Å². The highest BCUT2D eigenvalue weighted by molar-refractivity contribution is 5.86. The number of aliphatic hydroxyl groups is 1. The van der Waals surface area contributed by atoms with Gasteiger partial charge in [0.05, 0.1) is 30.9 Å². The predicted octanol–water partition coefficient (Wildman–Crippen LogP) is 3.84. The first kappa shape index (κ1) is 35.5. The molecule has 0 unspecified atom stereocenters. The van der Waals surface area contributed by atoms with Gasteiger partial charge in [0.2, 0.25) is 0 Å². The number of nitrogens with zero attached hydrogens (tertiary/aromatic N) is 9. The van der Waals surface area contributed by atoms with E-state index in [1.54, 1.807) is 25.0 Å². The summed E-state index contributed by atoms with van der Waals surface area (Å²) in [6.07, 6.45) is 10.8. The lowest BCUT2D eigenvalue weighted by molar-refractivity contribution is -0.207. The molecule has 8 rings (SSSR count). The van der Waals surface area contributed by atoms with Gasteiger partial charge in [0.25, 0.3) is 0 Å². The van der Waals surface area contributed by atoms with Crippen molar-refractivity contribution in [1.29, 1.82) is 0 Å². The summed E-state index contributed by atoms with van der Waals surface area (Å²) in [5.41, 5.74) is 2.10. The van der Waals surface area contributed by atoms with Crippen LogP contribution >= 0.6 is 0 Å². The number of esters is 1. The number of carbonyl (C=O) groups is 2. The smallest absolute Gasteiger partial charge is 0.328 e. The van der Waals surface area contributed by atoms with Crippen LogP contribution < -0.4 is 10.2 Å². The fourth-order valence-corrected chi connectivity index (χ4v) is 10.3. The fraction of sp³-hybridized carbons (Fsp3) is 0.590. The van der Waals surface area contributed by atoms with Crippen molar-refractivity contribution in [1.82, 2.24) is 44.8 Å². The number of carbonyl (C=O) groups excluding carboxylic acids is 2. The number of nitrogens with one attached hydrogen (secondary N) is 1. The molecule has 53 heavy (non-hydrogen) atoms. The predicted molar refractivity (Wildman–Crippen MR) is 197 cm³/mol. The first-order valence-corrected chi connectivity index (χ1v) is 19.0. The van der Waals surface area contributed by atoms with Gasteiger partial charge in [-0.3, -0.25) is 14.6 Å². The maximum Gasteiger partial charge on any atom is 0.328 e. The molecule has 5 heterocycles. The van der Waals surface area contributed by atoms with Crippen LogP contribution in [-0.4, -0.2) is 94.7 Å². The minimum Gasteiger partial charge on any atom is -0.460 e. The van der Waals surface area contributed by atoms with E-state index in [1.165, 1.54) is 4.68 Å². The van der Waals surface area contributed by atoms with Crippen molar-refractivity contribution in [2.24, 2.45) is 34.0 Å². The number of fused-ring (bicyclic) bond motifs is 1. The fourth-order valence-electron chi connectivity index (χ4n) is 10.3. The van der Waals surface area contributed by atoms with Crippen molar-refractivity contribution >= 4 is 28.7 Å². The van der Waals surface area contributed by atoms with Gasteiger partial charge >= 0.3 is 5.97 Å². The number of pyridine rings is 1. The number of piperazine rings is 1. The average molecular weight is 723 g/mol. The number of Topliss-reactive ketones (excluding diaryl/α,β-unsaturated/α-hetero) is 1. The van der Waals surface area contributed by atoms with Gasteiger partial charge in [-0.15, -0.1) is 11.7 Å². The lowest BCUT2D eigenvalue weighted by atomic mass is 9.44. The standard InChI is InChI=1S/C39H50N10O4/c1-6-37(4)17-30(38(5)24(2)9-11-39(25(3)34(37)52)12-10-29(50)33(38)39)53-31(51)21-49-20-28(45-46-49)26-7-8-27(41-18-26)19-48-23-44-32-35(42-22-43-36(32)48)47-15-13-40-14-16-47/h6-8,18,20,22-25,30,33-34,40,52H,1,9-17,19,21H2,2-5H3/t24-,25+,30-,33+,34+,37-,38+,39+/m1/s1. The van der Waals surface area contributed by atoms with E-state index < -0.39 is 29.0 Å². The summed E-state index contributed by atoms with van der Waals surface area (Å²) >= 11 is 0. The number of hydrogen-bond acceptors (Lipinski definition) is 12. The maximum absolute atomic E-state index is 13.7. The van der Waals surface area contributed by atoms with Crippen molar-refractivity contribution in [2.45, 2.75) is 85.1 Å². The zero-order valence-corrected chi connectivity index (χ0v) is 31.1. The minimum absolute atomic E-state index is 0.0847. The molecule has 4 aliphatic rings. The Balaban J connectivity index is 0.972. The van der Waals surface area contributed by atoms with E-state index >= 15 is 0 Å². The number of ether oxygens (including phenoxy) is 1. The molecule has 3 aliphatic carbocycles. The van der Waals surface area contributed by atoms with E-state index in [9.17, 15) is 14.7 Å². The molecule has 2 bridgehead atoms. The second kappa shape index (κ2) is 13.4. The average Bonchev–Trinajstić information content (AvgIpc) is 3.90. The van der Waals surface area contributed by atoms with Crippen LogP contribution in [0.25, 0.3) is 22.4 Å². The molecule has 0 spiro atoms. The van der Waals surface area contributed by atoms with Crippen LogP contribution in [-0.2, 0) is 27.4 Å². The van der Waals surface area contributed by atoms with E-state index in [2.05, 4.69) is 67.8 Å². The van der Waals surface area contributed by atoms with Gasteiger partial charge in [-0.1, -0.05) is 39.0 Å². The highest BCUT2D eigenvalue weighted by Gasteiger charge is 2.68. The first-order valence-electron chi connectivity index (χ1n) is 19.0. The first-order chi connectivity index (χ1) is 25.5. The zero-order chi connectivity index (χ0) is 37.1. The molecule has 1 aliphatic heterocycles. The lowest BCUT2D eigenvalue weighted by Gasteiger charge is -2.61. The molecular formula is C39H50N10O4. The van der Waals surface area contributed by atoms with E-state index in [0.717, 1.165) is 73.7 Å². The Morgan fingerprint density at radius 2 is 1.94 bits per heavy atom. The highest BCUT2D eigenvalue weighted by atomic mass is 16.5. The van der Waals surface area contributed by atoms with Gasteiger partial charge in [-0.2, -0.15) is 0 Å². The van der Waals surface area contributed by atoms with Crippen molar-refractivity contribution in [3.8, 4) is 11.3 Å². The van der Waals surface area contributed by atoms with Gasteiger partial charge in [-0.25, -0.2) is 19.6 Å². The molecule has 0 aromatic carbocycles. The zero-order valence-electron chi connectivity index (χ0n) is 31.1. The van der Waals surface area contributed by atoms with Crippen molar-refractivity contribution in [2.75, 3.05) is 31.1 Å². The Hall–Kier alpha value is -4.56. The second-order valence-corrected chi connectivity index (χ2v) is 16.4. The largest absolute Gasteiger partial charge is 0.460 e. The summed E-state index contributed by atoms with van der Waals surface area (Å²) in [7, 11) is 0. The molecule has 14 heteroatoms. The maximum atomic E-state index is 13.7. The summed E-state index contributed by atoms with van der Waals surface area (Å²) in [5, 5.41) is 23.7. The van der Waals surface area contributed by atoms with Crippen molar-refractivity contribution in [3.05, 3.63) is 55.5 Å². The molecule has 0 radical (unpaired) electrons. The van der Waals surface area contributed by atoms with Gasteiger partial charge in [0.1, 0.15) is 30.5 Å². The second-order valence-electron chi connectivity index (χ2n) is 16.4. The third-order valence-electron chi connectivity index (χ3n) is 13.7. The van der Waals surface area contributed by atoms with Crippen molar-refractivity contribution < 1.29 is 19.4 Å². The number of rotatable bonds is 8. The Labute approximate surface area is 309 Å². The SMILES string of the molecule is C=C[C@]1(C)C[C@@H](OC(=O)Cn2cc(-c3ccc(Cn4cnc5c(N6CCNCC6)ncnc54)nc3)nn2)[C@]2(C)[C@H](C)CC[C@]3(CCC(=O)[C@H]32)[C@@H](C)[C@@H]1O. The molecule has 280 valence electrons. The molecule has 8 atom stereocenters. The van der Waals surface area contributed by atoms with E-state index in [1.807, 2.05) is 29.7 Å². The van der Waals surface area contributed by atoms with Crippen LogP contribution in [0.15, 0.2) is 49.8 Å². The van der Waals surface area contributed by atoms with Gasteiger partial charge < -0.3 is 24.6 Å². The number of imidazole rings is 1. The molecule has 14 nitrogen and oxygen atoms in total. The monoisotopic (exact) mass is 722 g/mol. The third-order valence-corrected chi connectivity index (χ3v) is 13.7. The normalized spacial score (nSPS) is 33.0. The summed E-state index contributed by atoms with van der Waals surface area (Å²) in [4.78, 5) is 48.1. The van der Waals surface area contributed by atoms with Gasteiger partial charge in [0.15, 0.2) is 17.0 Å². The Morgan fingerprint density at radius 1 is 1.13 bits per heavy atom. The van der Waals surface area contributed by atoms with Gasteiger partial charge in [-0.05, 0) is 55.1 Å². The molecule has 4 aromatic heterocycles. The third kappa shape index (κ3) is 5.85. The number of anilines is 1. The number of aromatic nitrogens is 8. The molecule has 4 aromatic rings. The molecule has 4 fully saturated rings. The lowest BCUT2D eigenvalue weighted by Crippen LogP contribution is -2.63. The van der Waals surface area contributed by atoms with Gasteiger partial charge in [0, 0.05) is 61.1 Å². The van der Waals surface area contributed by atoms with Crippen LogP contribution in [0.2, 0.25) is 0 Å².